The highest BCUT2D eigenvalue weighted by molar-refractivity contribution is 5.29. The highest BCUT2D eigenvalue weighted by Crippen LogP contribution is 2.55. The van der Waals surface area contributed by atoms with Crippen molar-refractivity contribution >= 4 is 0 Å². The van der Waals surface area contributed by atoms with Gasteiger partial charge in [-0.05, 0) is 59.8 Å². The van der Waals surface area contributed by atoms with Crippen molar-refractivity contribution in [1.82, 2.24) is 0 Å². The second-order valence-electron chi connectivity index (χ2n) is 8.05. The standard InChI is InChI=1S/C20H34/c1-7-12-20(6)18(15(4)5)10-9-17-13-16(14(2)3)8-11-19(17)20/h8,11,13-15,17-19H,7,9-10,12H2,1-6H3/t17?,18?,19?,20-/m0/s1. The lowest BCUT2D eigenvalue weighted by atomic mass is 9.52. The zero-order chi connectivity index (χ0) is 14.9. The smallest absolute Gasteiger partial charge is 0.0110 e. The maximum atomic E-state index is 2.61. The number of fused-ring (bicyclic) bond motifs is 1. The van der Waals surface area contributed by atoms with Gasteiger partial charge in [0.05, 0.1) is 0 Å². The van der Waals surface area contributed by atoms with E-state index in [1.807, 2.05) is 0 Å². The molecule has 0 aromatic carbocycles. The van der Waals surface area contributed by atoms with E-state index in [4.69, 9.17) is 0 Å². The number of hydrogen-bond acceptors (Lipinski definition) is 0. The minimum atomic E-state index is 0.501. The molecule has 2 aliphatic rings. The van der Waals surface area contributed by atoms with Crippen molar-refractivity contribution < 1.29 is 0 Å². The van der Waals surface area contributed by atoms with Crippen LogP contribution in [0.3, 0.4) is 0 Å². The molecule has 0 saturated heterocycles. The van der Waals surface area contributed by atoms with E-state index in [1.165, 1.54) is 25.7 Å². The number of rotatable bonds is 4. The third-order valence-electron chi connectivity index (χ3n) is 6.04. The lowest BCUT2D eigenvalue weighted by Crippen LogP contribution is -2.45. The predicted molar refractivity (Wildman–Crippen MR) is 89.6 cm³/mol. The summed E-state index contributed by atoms with van der Waals surface area (Å²) in [7, 11) is 0. The van der Waals surface area contributed by atoms with Gasteiger partial charge in [-0.15, -0.1) is 0 Å². The predicted octanol–water partition coefficient (Wildman–Crippen LogP) is 6.24. The minimum absolute atomic E-state index is 0.501. The minimum Gasteiger partial charge on any atom is -0.0800 e. The normalized spacial score (nSPS) is 37.2. The Balaban J connectivity index is 2.29. The van der Waals surface area contributed by atoms with Gasteiger partial charge in [0.15, 0.2) is 0 Å². The fourth-order valence-electron chi connectivity index (χ4n) is 5.06. The molecular weight excluding hydrogens is 240 g/mol. The van der Waals surface area contributed by atoms with Crippen LogP contribution in [0.4, 0.5) is 0 Å². The first-order valence-corrected chi connectivity index (χ1v) is 8.80. The van der Waals surface area contributed by atoms with Crippen molar-refractivity contribution in [1.29, 1.82) is 0 Å². The largest absolute Gasteiger partial charge is 0.0800 e. The second kappa shape index (κ2) is 6.08. The van der Waals surface area contributed by atoms with Gasteiger partial charge in [-0.25, -0.2) is 0 Å². The van der Waals surface area contributed by atoms with Gasteiger partial charge in [-0.3, -0.25) is 0 Å². The van der Waals surface area contributed by atoms with Crippen LogP contribution in [0.2, 0.25) is 0 Å². The molecule has 0 radical (unpaired) electrons. The molecule has 2 aliphatic carbocycles. The summed E-state index contributed by atoms with van der Waals surface area (Å²) in [5, 5.41) is 0. The summed E-state index contributed by atoms with van der Waals surface area (Å²) in [6, 6.07) is 0. The zero-order valence-electron chi connectivity index (χ0n) is 14.4. The van der Waals surface area contributed by atoms with E-state index in [0.29, 0.717) is 11.3 Å². The van der Waals surface area contributed by atoms with Gasteiger partial charge in [-0.1, -0.05) is 66.2 Å². The van der Waals surface area contributed by atoms with Gasteiger partial charge in [0.2, 0.25) is 0 Å². The van der Waals surface area contributed by atoms with Gasteiger partial charge in [-0.2, -0.15) is 0 Å². The average Bonchev–Trinajstić information content (AvgIpc) is 2.38. The van der Waals surface area contributed by atoms with E-state index >= 15 is 0 Å². The Morgan fingerprint density at radius 2 is 1.90 bits per heavy atom. The molecule has 0 N–H and O–H groups in total. The molecule has 1 saturated carbocycles. The summed E-state index contributed by atoms with van der Waals surface area (Å²) in [6.07, 6.45) is 13.1. The van der Waals surface area contributed by atoms with Gasteiger partial charge in [0.25, 0.3) is 0 Å². The Labute approximate surface area is 126 Å². The Kier molecular flexibility index (Phi) is 4.82. The highest BCUT2D eigenvalue weighted by atomic mass is 14.5. The first-order valence-electron chi connectivity index (χ1n) is 8.80. The van der Waals surface area contributed by atoms with Crippen LogP contribution in [-0.2, 0) is 0 Å². The summed E-state index contributed by atoms with van der Waals surface area (Å²) in [5.74, 6) is 3.95. The van der Waals surface area contributed by atoms with E-state index in [0.717, 1.165) is 23.7 Å². The molecule has 2 rings (SSSR count). The Hall–Kier alpha value is -0.520. The molecule has 0 amide bonds. The van der Waals surface area contributed by atoms with E-state index in [2.05, 4.69) is 59.8 Å². The maximum Gasteiger partial charge on any atom is -0.0110 e. The fourth-order valence-corrected chi connectivity index (χ4v) is 5.06. The lowest BCUT2D eigenvalue weighted by molar-refractivity contribution is 0.00290. The molecule has 1 fully saturated rings. The number of allylic oxidation sites excluding steroid dienone is 4. The summed E-state index contributed by atoms with van der Waals surface area (Å²) in [5.41, 5.74) is 2.06. The van der Waals surface area contributed by atoms with Crippen molar-refractivity contribution in [3.8, 4) is 0 Å². The molecule has 0 spiro atoms. The third-order valence-corrected chi connectivity index (χ3v) is 6.04. The van der Waals surface area contributed by atoms with Crippen LogP contribution in [-0.4, -0.2) is 0 Å². The van der Waals surface area contributed by atoms with Crippen molar-refractivity contribution in [3.63, 3.8) is 0 Å². The highest BCUT2D eigenvalue weighted by Gasteiger charge is 2.47. The van der Waals surface area contributed by atoms with Gasteiger partial charge in [0, 0.05) is 0 Å². The second-order valence-corrected chi connectivity index (χ2v) is 8.05. The van der Waals surface area contributed by atoms with Crippen LogP contribution in [0, 0.1) is 35.0 Å². The van der Waals surface area contributed by atoms with Gasteiger partial charge >= 0.3 is 0 Å². The Morgan fingerprint density at radius 3 is 2.45 bits per heavy atom. The summed E-state index contributed by atoms with van der Waals surface area (Å²) >= 11 is 0. The fraction of sp³-hybridized carbons (Fsp3) is 0.800. The molecule has 20 heavy (non-hydrogen) atoms. The van der Waals surface area contributed by atoms with E-state index in [-0.39, 0.29) is 0 Å². The third kappa shape index (κ3) is 2.76. The molecule has 4 atom stereocenters. The maximum absolute atomic E-state index is 2.61. The van der Waals surface area contributed by atoms with Crippen molar-refractivity contribution in [2.45, 2.75) is 67.2 Å². The van der Waals surface area contributed by atoms with Gasteiger partial charge < -0.3 is 0 Å². The molecule has 0 aromatic rings. The SMILES string of the molecule is CCC[C@]1(C)C2C=CC(C(C)C)=CC2CCC1C(C)C. The summed E-state index contributed by atoms with van der Waals surface area (Å²) in [6.45, 7) is 14.4. The molecule has 114 valence electrons. The molecule has 0 heterocycles. The molecule has 0 bridgehead atoms. The van der Waals surface area contributed by atoms with E-state index in [1.54, 1.807) is 5.57 Å². The van der Waals surface area contributed by atoms with Crippen LogP contribution in [0.1, 0.15) is 67.2 Å². The van der Waals surface area contributed by atoms with Crippen molar-refractivity contribution in [2.75, 3.05) is 0 Å². The van der Waals surface area contributed by atoms with Crippen LogP contribution in [0.15, 0.2) is 23.8 Å². The van der Waals surface area contributed by atoms with Crippen LogP contribution in [0.5, 0.6) is 0 Å². The van der Waals surface area contributed by atoms with Crippen LogP contribution >= 0.6 is 0 Å². The average molecular weight is 274 g/mol. The molecule has 0 heteroatoms. The lowest BCUT2D eigenvalue weighted by Gasteiger charge is -2.52. The van der Waals surface area contributed by atoms with Crippen molar-refractivity contribution in [3.05, 3.63) is 23.8 Å². The van der Waals surface area contributed by atoms with Crippen molar-refractivity contribution in [2.24, 2.45) is 35.0 Å². The van der Waals surface area contributed by atoms with E-state index in [9.17, 15) is 0 Å². The van der Waals surface area contributed by atoms with Crippen LogP contribution in [0.25, 0.3) is 0 Å². The summed E-state index contributed by atoms with van der Waals surface area (Å²) in [4.78, 5) is 0. The monoisotopic (exact) mass is 274 g/mol. The number of hydrogen-bond donors (Lipinski definition) is 0. The van der Waals surface area contributed by atoms with Crippen LogP contribution < -0.4 is 0 Å². The zero-order valence-corrected chi connectivity index (χ0v) is 14.4. The topological polar surface area (TPSA) is 0 Å². The summed E-state index contributed by atoms with van der Waals surface area (Å²) < 4.78 is 0. The first-order chi connectivity index (χ1) is 9.40. The van der Waals surface area contributed by atoms with E-state index < -0.39 is 0 Å². The molecule has 0 aromatic heterocycles. The molecule has 3 unspecified atom stereocenters. The van der Waals surface area contributed by atoms with Gasteiger partial charge in [0.1, 0.15) is 0 Å². The molecule has 0 aliphatic heterocycles. The quantitative estimate of drug-likeness (QED) is 0.569. The Bertz CT molecular complexity index is 385. The first kappa shape index (κ1) is 15.9. The Morgan fingerprint density at radius 1 is 1.20 bits per heavy atom. The molecular formula is C20H34. The molecule has 0 nitrogen and oxygen atoms in total.